The Morgan fingerprint density at radius 1 is 1.13 bits per heavy atom. The van der Waals surface area contributed by atoms with Crippen LogP contribution in [0.4, 0.5) is 0 Å². The molecule has 2 atom stereocenters. The van der Waals surface area contributed by atoms with E-state index in [1.165, 1.54) is 0 Å². The molecule has 3 aromatic rings. The van der Waals surface area contributed by atoms with Crippen molar-refractivity contribution in [2.45, 2.75) is 45.8 Å². The number of hydrogen-bond donors (Lipinski definition) is 1. The van der Waals surface area contributed by atoms with Crippen molar-refractivity contribution in [1.82, 2.24) is 15.3 Å². The molecule has 1 saturated heterocycles. The lowest BCUT2D eigenvalue weighted by Crippen LogP contribution is -2.25. The fraction of sp³-hybridized carbons (Fsp3) is 0.375. The number of carbonyl (C=O) groups is 1. The zero-order chi connectivity index (χ0) is 21.3. The molecule has 1 amide bonds. The summed E-state index contributed by atoms with van der Waals surface area (Å²) >= 11 is 0. The van der Waals surface area contributed by atoms with Crippen molar-refractivity contribution in [3.8, 4) is 22.8 Å². The van der Waals surface area contributed by atoms with Gasteiger partial charge in [-0.25, -0.2) is 4.98 Å². The summed E-state index contributed by atoms with van der Waals surface area (Å²) < 4.78 is 12.2. The highest BCUT2D eigenvalue weighted by Crippen LogP contribution is 2.33. The van der Waals surface area contributed by atoms with Gasteiger partial charge in [0.2, 0.25) is 11.8 Å². The van der Waals surface area contributed by atoms with Crippen LogP contribution in [0.25, 0.3) is 22.0 Å². The second kappa shape index (κ2) is 7.94. The SMILES string of the molecule is C[C@@H](Oc1cc(-c2ccc(OC(C)(C)C)nc2)cc2ncccc12)[C@H]1CNC(=O)C1. The average Bonchev–Trinajstić information content (AvgIpc) is 3.14. The van der Waals surface area contributed by atoms with Crippen LogP contribution in [-0.2, 0) is 4.79 Å². The van der Waals surface area contributed by atoms with Crippen LogP contribution >= 0.6 is 0 Å². The molecule has 1 fully saturated rings. The van der Waals surface area contributed by atoms with E-state index in [1.807, 2.05) is 64.1 Å². The number of carbonyl (C=O) groups excluding carboxylic acids is 1. The highest BCUT2D eigenvalue weighted by Gasteiger charge is 2.28. The highest BCUT2D eigenvalue weighted by molar-refractivity contribution is 5.90. The molecule has 2 aromatic heterocycles. The Balaban J connectivity index is 1.65. The van der Waals surface area contributed by atoms with Gasteiger partial charge in [-0.05, 0) is 63.6 Å². The van der Waals surface area contributed by atoms with Crippen LogP contribution in [0.2, 0.25) is 0 Å². The van der Waals surface area contributed by atoms with Gasteiger partial charge in [-0.15, -0.1) is 0 Å². The van der Waals surface area contributed by atoms with Crippen molar-refractivity contribution in [2.24, 2.45) is 5.92 Å². The van der Waals surface area contributed by atoms with Gasteiger partial charge in [-0.2, -0.15) is 0 Å². The topological polar surface area (TPSA) is 73.3 Å². The summed E-state index contributed by atoms with van der Waals surface area (Å²) in [6.45, 7) is 8.65. The van der Waals surface area contributed by atoms with E-state index in [4.69, 9.17) is 9.47 Å². The molecule has 0 spiro atoms. The predicted octanol–water partition coefficient (Wildman–Crippen LogP) is 4.38. The van der Waals surface area contributed by atoms with Gasteiger partial charge in [0.25, 0.3) is 0 Å². The summed E-state index contributed by atoms with van der Waals surface area (Å²) in [6.07, 6.45) is 3.98. The third-order valence-electron chi connectivity index (χ3n) is 5.15. The van der Waals surface area contributed by atoms with Gasteiger partial charge >= 0.3 is 0 Å². The fourth-order valence-corrected chi connectivity index (χ4v) is 3.59. The van der Waals surface area contributed by atoms with E-state index in [0.717, 1.165) is 27.8 Å². The number of rotatable bonds is 5. The molecule has 4 rings (SSSR count). The van der Waals surface area contributed by atoms with Gasteiger partial charge in [0.1, 0.15) is 17.5 Å². The molecule has 0 bridgehead atoms. The Kier molecular flexibility index (Phi) is 5.33. The van der Waals surface area contributed by atoms with Crippen molar-refractivity contribution in [2.75, 3.05) is 6.54 Å². The first-order valence-electron chi connectivity index (χ1n) is 10.3. The van der Waals surface area contributed by atoms with Gasteiger partial charge in [0.15, 0.2) is 0 Å². The average molecular weight is 405 g/mol. The van der Waals surface area contributed by atoms with Crippen LogP contribution in [0.1, 0.15) is 34.1 Å². The molecular formula is C24H27N3O3. The van der Waals surface area contributed by atoms with Gasteiger partial charge in [-0.3, -0.25) is 9.78 Å². The predicted molar refractivity (Wildman–Crippen MR) is 117 cm³/mol. The molecule has 0 radical (unpaired) electrons. The van der Waals surface area contributed by atoms with E-state index < -0.39 is 0 Å². The Labute approximate surface area is 176 Å². The number of nitrogens with one attached hydrogen (secondary N) is 1. The summed E-state index contributed by atoms with van der Waals surface area (Å²) in [6, 6.07) is 11.8. The number of amides is 1. The number of benzene rings is 1. The molecule has 1 N–H and O–H groups in total. The largest absolute Gasteiger partial charge is 0.490 e. The van der Waals surface area contributed by atoms with Crippen LogP contribution < -0.4 is 14.8 Å². The number of fused-ring (bicyclic) bond motifs is 1. The Morgan fingerprint density at radius 2 is 1.97 bits per heavy atom. The molecule has 0 saturated carbocycles. The first-order chi connectivity index (χ1) is 14.3. The lowest BCUT2D eigenvalue weighted by molar-refractivity contribution is -0.119. The van der Waals surface area contributed by atoms with Crippen molar-refractivity contribution in [3.63, 3.8) is 0 Å². The van der Waals surface area contributed by atoms with E-state index in [0.29, 0.717) is 18.8 Å². The minimum Gasteiger partial charge on any atom is -0.490 e. The van der Waals surface area contributed by atoms with Crippen LogP contribution in [0.15, 0.2) is 48.8 Å². The maximum Gasteiger partial charge on any atom is 0.220 e. The summed E-state index contributed by atoms with van der Waals surface area (Å²) in [5.74, 6) is 1.59. The van der Waals surface area contributed by atoms with E-state index in [9.17, 15) is 4.79 Å². The minimum atomic E-state index is -0.297. The molecule has 3 heterocycles. The summed E-state index contributed by atoms with van der Waals surface area (Å²) in [5.41, 5.74) is 2.49. The van der Waals surface area contributed by atoms with Crippen molar-refractivity contribution in [1.29, 1.82) is 0 Å². The summed E-state index contributed by atoms with van der Waals surface area (Å²) in [7, 11) is 0. The smallest absolute Gasteiger partial charge is 0.220 e. The standard InChI is InChI=1S/C24H27N3O3/c1-15(18-12-22(28)26-14-18)29-21-11-17(10-20-19(21)6-5-9-25-20)16-7-8-23(27-13-16)30-24(2,3)4/h5-11,13,15,18H,12,14H2,1-4H3,(H,26,28)/t15-,18-/m1/s1. The summed E-state index contributed by atoms with van der Waals surface area (Å²) in [4.78, 5) is 20.6. The second-order valence-corrected chi connectivity index (χ2v) is 8.74. The second-order valence-electron chi connectivity index (χ2n) is 8.74. The van der Waals surface area contributed by atoms with Crippen LogP contribution in [0.3, 0.4) is 0 Å². The number of pyridine rings is 2. The quantitative estimate of drug-likeness (QED) is 0.682. The maximum atomic E-state index is 11.6. The number of ether oxygens (including phenoxy) is 2. The molecule has 0 aliphatic carbocycles. The Hall–Kier alpha value is -3.15. The zero-order valence-corrected chi connectivity index (χ0v) is 17.8. The molecule has 0 unspecified atom stereocenters. The normalized spacial score (nSPS) is 17.6. The van der Waals surface area contributed by atoms with E-state index in [1.54, 1.807) is 12.4 Å². The van der Waals surface area contributed by atoms with E-state index >= 15 is 0 Å². The number of aromatic nitrogens is 2. The van der Waals surface area contributed by atoms with Crippen molar-refractivity contribution >= 4 is 16.8 Å². The number of hydrogen-bond acceptors (Lipinski definition) is 5. The first kappa shape index (κ1) is 20.1. The molecule has 1 aromatic carbocycles. The third-order valence-corrected chi connectivity index (χ3v) is 5.15. The van der Waals surface area contributed by atoms with Crippen molar-refractivity contribution < 1.29 is 14.3 Å². The van der Waals surface area contributed by atoms with E-state index in [2.05, 4.69) is 15.3 Å². The van der Waals surface area contributed by atoms with Crippen LogP contribution in [0, 0.1) is 5.92 Å². The molecule has 1 aliphatic heterocycles. The van der Waals surface area contributed by atoms with Gasteiger partial charge < -0.3 is 14.8 Å². The van der Waals surface area contributed by atoms with E-state index in [-0.39, 0.29) is 23.5 Å². The summed E-state index contributed by atoms with van der Waals surface area (Å²) in [5, 5.41) is 3.83. The number of nitrogens with zero attached hydrogens (tertiary/aromatic N) is 2. The van der Waals surface area contributed by atoms with Gasteiger partial charge in [-0.1, -0.05) is 0 Å². The minimum absolute atomic E-state index is 0.0827. The Morgan fingerprint density at radius 3 is 2.63 bits per heavy atom. The van der Waals surface area contributed by atoms with Crippen LogP contribution in [0.5, 0.6) is 11.6 Å². The lowest BCUT2D eigenvalue weighted by Gasteiger charge is -2.21. The van der Waals surface area contributed by atoms with Gasteiger partial charge in [0, 0.05) is 48.3 Å². The molecule has 1 aliphatic rings. The fourth-order valence-electron chi connectivity index (χ4n) is 3.59. The highest BCUT2D eigenvalue weighted by atomic mass is 16.5. The van der Waals surface area contributed by atoms with Gasteiger partial charge in [0.05, 0.1) is 5.52 Å². The molecule has 156 valence electrons. The zero-order valence-electron chi connectivity index (χ0n) is 17.8. The third kappa shape index (κ3) is 4.53. The maximum absolute atomic E-state index is 11.6. The molecule has 30 heavy (non-hydrogen) atoms. The molecule has 6 heteroatoms. The molecular weight excluding hydrogens is 378 g/mol. The Bertz CT molecular complexity index is 1060. The first-order valence-corrected chi connectivity index (χ1v) is 10.3. The van der Waals surface area contributed by atoms with Crippen LogP contribution in [-0.4, -0.2) is 34.1 Å². The lowest BCUT2D eigenvalue weighted by atomic mass is 10.0. The van der Waals surface area contributed by atoms with Crippen molar-refractivity contribution in [3.05, 3.63) is 48.8 Å². The monoisotopic (exact) mass is 405 g/mol. The molecule has 6 nitrogen and oxygen atoms in total.